The first-order chi connectivity index (χ1) is 7.35. The number of unbranched alkanes of at least 4 members (excludes halogenated alkanes) is 5. The number of allylic oxidation sites excluding steroid dienone is 2. The highest BCUT2D eigenvalue weighted by molar-refractivity contribution is 4.78. The summed E-state index contributed by atoms with van der Waals surface area (Å²) in [4.78, 5) is 0. The Balaban J connectivity index is 3.21. The maximum atomic E-state index is 3.91. The minimum Gasteiger partial charge on any atom is -0.103 e. The molecule has 0 nitrogen and oxygen atoms in total. The predicted molar refractivity (Wildman–Crippen MR) is 71.1 cm³/mol. The fraction of sp³-hybridized carbons (Fsp3) is 0.733. The average molecular weight is 208 g/mol. The summed E-state index contributed by atoms with van der Waals surface area (Å²) in [6.45, 7) is 9.90. The summed E-state index contributed by atoms with van der Waals surface area (Å²) in [6, 6.07) is 0. The molecule has 0 saturated carbocycles. The highest BCUT2D eigenvalue weighted by atomic mass is 14.1. The van der Waals surface area contributed by atoms with Gasteiger partial charge in [0.1, 0.15) is 0 Å². The molecule has 0 aromatic carbocycles. The molecule has 0 heteroatoms. The molecule has 0 bridgehead atoms. The molecule has 0 heterocycles. The average Bonchev–Trinajstić information content (AvgIpc) is 2.26. The molecular formula is C15H28. The molecule has 0 spiro atoms. The Labute approximate surface area is 96.5 Å². The van der Waals surface area contributed by atoms with Crippen molar-refractivity contribution in [1.29, 1.82) is 0 Å². The van der Waals surface area contributed by atoms with Crippen LogP contribution in [-0.2, 0) is 0 Å². The van der Waals surface area contributed by atoms with Crippen molar-refractivity contribution in [3.05, 3.63) is 25.3 Å². The maximum absolute atomic E-state index is 3.91. The van der Waals surface area contributed by atoms with Crippen molar-refractivity contribution in [2.75, 3.05) is 0 Å². The van der Waals surface area contributed by atoms with Crippen molar-refractivity contribution >= 4 is 0 Å². The third-order valence-electron chi connectivity index (χ3n) is 2.98. The van der Waals surface area contributed by atoms with Crippen LogP contribution in [0.25, 0.3) is 0 Å². The highest BCUT2D eigenvalue weighted by Crippen LogP contribution is 2.17. The van der Waals surface area contributed by atoms with E-state index in [1.165, 1.54) is 57.8 Å². The predicted octanol–water partition coefficient (Wildman–Crippen LogP) is 5.51. The van der Waals surface area contributed by atoms with Crippen molar-refractivity contribution in [2.45, 2.75) is 64.7 Å². The van der Waals surface area contributed by atoms with Gasteiger partial charge in [-0.05, 0) is 31.6 Å². The minimum atomic E-state index is 0.767. The Bertz CT molecular complexity index is 146. The van der Waals surface area contributed by atoms with Gasteiger partial charge >= 0.3 is 0 Å². The van der Waals surface area contributed by atoms with Crippen molar-refractivity contribution in [1.82, 2.24) is 0 Å². The number of rotatable bonds is 11. The minimum absolute atomic E-state index is 0.767. The van der Waals surface area contributed by atoms with Gasteiger partial charge in [-0.1, -0.05) is 51.2 Å². The molecule has 0 aliphatic rings. The van der Waals surface area contributed by atoms with Crippen LogP contribution in [0.4, 0.5) is 0 Å². The topological polar surface area (TPSA) is 0 Å². The highest BCUT2D eigenvalue weighted by Gasteiger charge is 2.01. The van der Waals surface area contributed by atoms with Gasteiger partial charge in [0.15, 0.2) is 0 Å². The summed E-state index contributed by atoms with van der Waals surface area (Å²) in [5.41, 5.74) is 0. The van der Waals surface area contributed by atoms with Crippen molar-refractivity contribution < 1.29 is 0 Å². The van der Waals surface area contributed by atoms with Crippen LogP contribution < -0.4 is 0 Å². The molecule has 0 N–H and O–H groups in total. The molecule has 0 rings (SSSR count). The molecule has 0 aromatic heterocycles. The van der Waals surface area contributed by atoms with Crippen molar-refractivity contribution in [2.24, 2.45) is 5.92 Å². The van der Waals surface area contributed by atoms with Gasteiger partial charge in [0.05, 0.1) is 0 Å². The Morgan fingerprint density at radius 2 is 1.60 bits per heavy atom. The largest absolute Gasteiger partial charge is 0.103 e. The fourth-order valence-corrected chi connectivity index (χ4v) is 1.98. The molecule has 1 unspecified atom stereocenters. The van der Waals surface area contributed by atoms with E-state index < -0.39 is 0 Å². The van der Waals surface area contributed by atoms with E-state index in [-0.39, 0.29) is 0 Å². The van der Waals surface area contributed by atoms with Crippen LogP contribution in [-0.4, -0.2) is 0 Å². The van der Waals surface area contributed by atoms with Gasteiger partial charge in [-0.25, -0.2) is 0 Å². The zero-order valence-corrected chi connectivity index (χ0v) is 10.5. The zero-order valence-electron chi connectivity index (χ0n) is 10.5. The summed E-state index contributed by atoms with van der Waals surface area (Å²) < 4.78 is 0. The third-order valence-corrected chi connectivity index (χ3v) is 2.98. The lowest BCUT2D eigenvalue weighted by atomic mass is 9.96. The maximum Gasteiger partial charge on any atom is -0.0236 e. The second-order valence-electron chi connectivity index (χ2n) is 4.42. The van der Waals surface area contributed by atoms with E-state index >= 15 is 0 Å². The first-order valence-corrected chi connectivity index (χ1v) is 6.58. The molecular weight excluding hydrogens is 180 g/mol. The van der Waals surface area contributed by atoms with Crippen LogP contribution >= 0.6 is 0 Å². The molecule has 0 saturated heterocycles. The summed E-state index contributed by atoms with van der Waals surface area (Å²) in [5.74, 6) is 0.767. The molecule has 0 radical (unpaired) electrons. The molecule has 15 heavy (non-hydrogen) atoms. The van der Waals surface area contributed by atoms with E-state index in [1.54, 1.807) is 0 Å². The van der Waals surface area contributed by atoms with Crippen molar-refractivity contribution in [3.63, 3.8) is 0 Å². The lowest BCUT2D eigenvalue weighted by Gasteiger charge is -2.10. The second-order valence-corrected chi connectivity index (χ2v) is 4.42. The van der Waals surface area contributed by atoms with Crippen LogP contribution in [0.3, 0.4) is 0 Å². The van der Waals surface area contributed by atoms with Gasteiger partial charge in [-0.15, -0.1) is 13.2 Å². The third kappa shape index (κ3) is 9.78. The van der Waals surface area contributed by atoms with Gasteiger partial charge in [0, 0.05) is 0 Å². The molecule has 0 amide bonds. The van der Waals surface area contributed by atoms with E-state index in [4.69, 9.17) is 0 Å². The first-order valence-electron chi connectivity index (χ1n) is 6.58. The summed E-state index contributed by atoms with van der Waals surface area (Å²) in [6.07, 6.45) is 16.2. The normalized spacial score (nSPS) is 12.3. The Kier molecular flexibility index (Phi) is 11.2. The summed E-state index contributed by atoms with van der Waals surface area (Å²) >= 11 is 0. The summed E-state index contributed by atoms with van der Waals surface area (Å²) in [7, 11) is 0. The number of hydrogen-bond donors (Lipinski definition) is 0. The van der Waals surface area contributed by atoms with Gasteiger partial charge in [0.2, 0.25) is 0 Å². The van der Waals surface area contributed by atoms with Gasteiger partial charge in [-0.3, -0.25) is 0 Å². The van der Waals surface area contributed by atoms with Crippen LogP contribution in [0.1, 0.15) is 64.7 Å². The van der Waals surface area contributed by atoms with Crippen LogP contribution in [0.5, 0.6) is 0 Å². The number of hydrogen-bond acceptors (Lipinski definition) is 0. The smallest absolute Gasteiger partial charge is 0.0236 e. The SMILES string of the molecule is C=CCCCCCCCC(C=C)CCC. The van der Waals surface area contributed by atoms with Gasteiger partial charge in [-0.2, -0.15) is 0 Å². The second kappa shape index (κ2) is 11.6. The van der Waals surface area contributed by atoms with E-state index in [0.29, 0.717) is 0 Å². The Morgan fingerprint density at radius 1 is 0.933 bits per heavy atom. The van der Waals surface area contributed by atoms with Crippen LogP contribution in [0.15, 0.2) is 25.3 Å². The fourth-order valence-electron chi connectivity index (χ4n) is 1.98. The molecule has 0 fully saturated rings. The van der Waals surface area contributed by atoms with E-state index in [2.05, 4.69) is 26.2 Å². The van der Waals surface area contributed by atoms with Gasteiger partial charge in [0.25, 0.3) is 0 Å². The quantitative estimate of drug-likeness (QED) is 0.310. The molecule has 0 aromatic rings. The summed E-state index contributed by atoms with van der Waals surface area (Å²) in [5, 5.41) is 0. The molecule has 0 aliphatic carbocycles. The van der Waals surface area contributed by atoms with Crippen LogP contribution in [0, 0.1) is 5.92 Å². The monoisotopic (exact) mass is 208 g/mol. The Hall–Kier alpha value is -0.520. The first kappa shape index (κ1) is 14.5. The molecule has 88 valence electrons. The lowest BCUT2D eigenvalue weighted by Crippen LogP contribution is -1.95. The zero-order chi connectivity index (χ0) is 11.4. The van der Waals surface area contributed by atoms with E-state index in [0.717, 1.165) is 5.92 Å². The molecule has 1 atom stereocenters. The Morgan fingerprint density at radius 3 is 2.20 bits per heavy atom. The van der Waals surface area contributed by atoms with E-state index in [9.17, 15) is 0 Å². The standard InChI is InChI=1S/C15H28/c1-4-7-8-9-10-11-12-14-15(6-3)13-5-2/h4,6,15H,1,3,5,7-14H2,2H3. The van der Waals surface area contributed by atoms with E-state index in [1.807, 2.05) is 6.08 Å². The van der Waals surface area contributed by atoms with Gasteiger partial charge < -0.3 is 0 Å². The van der Waals surface area contributed by atoms with Crippen LogP contribution in [0.2, 0.25) is 0 Å². The lowest BCUT2D eigenvalue weighted by molar-refractivity contribution is 0.491. The van der Waals surface area contributed by atoms with Crippen molar-refractivity contribution in [3.8, 4) is 0 Å². The molecule has 0 aliphatic heterocycles.